The highest BCUT2D eigenvalue weighted by molar-refractivity contribution is 7.18. The molecule has 6 nitrogen and oxygen atoms in total. The van der Waals surface area contributed by atoms with E-state index in [1.54, 1.807) is 23.7 Å². The maximum absolute atomic E-state index is 11.9. The van der Waals surface area contributed by atoms with Crippen molar-refractivity contribution in [3.63, 3.8) is 0 Å². The molecule has 29 heavy (non-hydrogen) atoms. The van der Waals surface area contributed by atoms with Crippen molar-refractivity contribution in [1.82, 2.24) is 15.0 Å². The minimum Gasteiger partial charge on any atom is -0.480 e. The van der Waals surface area contributed by atoms with Crippen molar-refractivity contribution in [2.24, 2.45) is 0 Å². The molecule has 0 fully saturated rings. The zero-order chi connectivity index (χ0) is 20.2. The van der Waals surface area contributed by atoms with Gasteiger partial charge >= 0.3 is 5.97 Å². The average Bonchev–Trinajstić information content (AvgIpc) is 3.18. The third-order valence-electron chi connectivity index (χ3n) is 4.60. The van der Waals surface area contributed by atoms with Crippen LogP contribution >= 0.6 is 11.3 Å². The fourth-order valence-electron chi connectivity index (χ4n) is 3.09. The Morgan fingerprint density at radius 2 is 2.00 bits per heavy atom. The summed E-state index contributed by atoms with van der Waals surface area (Å²) in [7, 11) is 0. The first-order valence-corrected chi connectivity index (χ1v) is 10.2. The van der Waals surface area contributed by atoms with Crippen LogP contribution in [0.4, 0.5) is 5.82 Å². The van der Waals surface area contributed by atoms with Crippen LogP contribution in [0, 0.1) is 0 Å². The molecule has 0 amide bonds. The van der Waals surface area contributed by atoms with Crippen LogP contribution in [0.2, 0.25) is 0 Å². The smallest absolute Gasteiger partial charge is 0.326 e. The van der Waals surface area contributed by atoms with Gasteiger partial charge in [0.25, 0.3) is 0 Å². The number of aliphatic carboxylic acids is 1. The summed E-state index contributed by atoms with van der Waals surface area (Å²) in [5.41, 5.74) is 1.74. The number of hydrogen-bond acceptors (Lipinski definition) is 6. The van der Waals surface area contributed by atoms with Crippen LogP contribution in [-0.2, 0) is 17.6 Å². The maximum Gasteiger partial charge on any atom is 0.326 e. The van der Waals surface area contributed by atoms with E-state index in [9.17, 15) is 9.90 Å². The Balaban J connectivity index is 1.76. The summed E-state index contributed by atoms with van der Waals surface area (Å²) in [4.78, 5) is 27.5. The molecule has 0 spiro atoms. The van der Waals surface area contributed by atoms with Crippen molar-refractivity contribution in [2.75, 3.05) is 5.32 Å². The van der Waals surface area contributed by atoms with Crippen LogP contribution in [-0.4, -0.2) is 32.1 Å². The number of carbonyl (C=O) groups is 1. The van der Waals surface area contributed by atoms with Gasteiger partial charge in [-0.2, -0.15) is 0 Å². The molecule has 4 aromatic rings. The van der Waals surface area contributed by atoms with E-state index in [-0.39, 0.29) is 0 Å². The van der Waals surface area contributed by atoms with Gasteiger partial charge in [-0.15, -0.1) is 11.3 Å². The lowest BCUT2D eigenvalue weighted by Gasteiger charge is -2.16. The predicted molar refractivity (Wildman–Crippen MR) is 115 cm³/mol. The average molecular weight is 404 g/mol. The molecule has 3 heterocycles. The Morgan fingerprint density at radius 3 is 2.69 bits per heavy atom. The zero-order valence-corrected chi connectivity index (χ0v) is 16.7. The Bertz CT molecular complexity index is 1130. The molecule has 1 aromatic carbocycles. The number of hydrogen-bond donors (Lipinski definition) is 2. The van der Waals surface area contributed by atoms with Gasteiger partial charge in [0.1, 0.15) is 16.7 Å². The number of aryl methyl sites for hydroxylation is 1. The fraction of sp³-hybridized carbons (Fsp3) is 0.182. The van der Waals surface area contributed by atoms with Gasteiger partial charge in [0, 0.05) is 29.3 Å². The van der Waals surface area contributed by atoms with E-state index >= 15 is 0 Å². The van der Waals surface area contributed by atoms with E-state index in [1.165, 1.54) is 4.88 Å². The molecule has 1 unspecified atom stereocenters. The van der Waals surface area contributed by atoms with Gasteiger partial charge in [-0.25, -0.2) is 14.8 Å². The van der Waals surface area contributed by atoms with E-state index in [0.717, 1.165) is 27.8 Å². The number of pyridine rings is 1. The van der Waals surface area contributed by atoms with E-state index in [0.29, 0.717) is 18.1 Å². The summed E-state index contributed by atoms with van der Waals surface area (Å²) >= 11 is 1.60. The highest BCUT2D eigenvalue weighted by Gasteiger charge is 2.21. The second kappa shape index (κ2) is 8.36. The Morgan fingerprint density at radius 1 is 1.17 bits per heavy atom. The highest BCUT2D eigenvalue weighted by atomic mass is 32.1. The molecule has 2 N–H and O–H groups in total. The lowest BCUT2D eigenvalue weighted by Crippen LogP contribution is -2.32. The lowest BCUT2D eigenvalue weighted by molar-refractivity contribution is -0.137. The summed E-state index contributed by atoms with van der Waals surface area (Å²) in [6, 6.07) is 14.5. The van der Waals surface area contributed by atoms with E-state index in [2.05, 4.69) is 22.2 Å². The highest BCUT2D eigenvalue weighted by Crippen LogP contribution is 2.32. The lowest BCUT2D eigenvalue weighted by atomic mass is 10.1. The van der Waals surface area contributed by atoms with Gasteiger partial charge in [-0.1, -0.05) is 37.3 Å². The number of nitrogens with zero attached hydrogens (tertiary/aromatic N) is 3. The number of aromatic nitrogens is 3. The standard InChI is InChI=1S/C22H20N4O2S/c1-2-16-12-17-20(24-18(22(27)28)11-14-7-4-3-5-8-14)25-19(26-21(17)29-16)15-9-6-10-23-13-15/h3-10,12-13,18H,2,11H2,1H3,(H,27,28)(H,24,25,26). The molecule has 0 aliphatic heterocycles. The van der Waals surface area contributed by atoms with Crippen molar-refractivity contribution < 1.29 is 9.90 Å². The molecule has 0 aliphatic rings. The Labute approximate surface area is 172 Å². The fourth-order valence-corrected chi connectivity index (χ4v) is 4.06. The van der Waals surface area contributed by atoms with E-state index < -0.39 is 12.0 Å². The SMILES string of the molecule is CCc1cc2c(NC(Cc3ccccc3)C(=O)O)nc(-c3cccnc3)nc2s1. The predicted octanol–water partition coefficient (Wildman–Crippen LogP) is 4.42. The normalized spacial score (nSPS) is 12.0. The first-order chi connectivity index (χ1) is 14.1. The van der Waals surface area contributed by atoms with Crippen LogP contribution in [0.1, 0.15) is 17.4 Å². The van der Waals surface area contributed by atoms with Gasteiger partial charge in [0.15, 0.2) is 5.82 Å². The third-order valence-corrected chi connectivity index (χ3v) is 5.78. The number of nitrogens with one attached hydrogen (secondary N) is 1. The largest absolute Gasteiger partial charge is 0.480 e. The molecule has 0 radical (unpaired) electrons. The summed E-state index contributed by atoms with van der Waals surface area (Å²) < 4.78 is 0. The monoisotopic (exact) mass is 404 g/mol. The maximum atomic E-state index is 11.9. The molecule has 0 aliphatic carbocycles. The minimum atomic E-state index is -0.922. The van der Waals surface area contributed by atoms with Crippen LogP contribution in [0.3, 0.4) is 0 Å². The third kappa shape index (κ3) is 4.25. The number of anilines is 1. The van der Waals surface area contributed by atoms with Gasteiger partial charge in [0.2, 0.25) is 0 Å². The Hall–Kier alpha value is -3.32. The van der Waals surface area contributed by atoms with Crippen molar-refractivity contribution in [1.29, 1.82) is 0 Å². The van der Waals surface area contributed by atoms with Crippen molar-refractivity contribution in [3.8, 4) is 11.4 Å². The molecule has 146 valence electrons. The van der Waals surface area contributed by atoms with Crippen LogP contribution in [0.15, 0.2) is 60.9 Å². The van der Waals surface area contributed by atoms with Gasteiger partial charge in [0.05, 0.1) is 5.39 Å². The first kappa shape index (κ1) is 19.0. The van der Waals surface area contributed by atoms with E-state index in [1.807, 2.05) is 48.5 Å². The van der Waals surface area contributed by atoms with Crippen molar-refractivity contribution in [3.05, 3.63) is 71.4 Å². The number of benzene rings is 1. The van der Waals surface area contributed by atoms with Gasteiger partial charge < -0.3 is 10.4 Å². The molecular formula is C22H20N4O2S. The molecule has 4 rings (SSSR count). The summed E-state index contributed by atoms with van der Waals surface area (Å²) in [5, 5.41) is 13.8. The van der Waals surface area contributed by atoms with Gasteiger partial charge in [-0.05, 0) is 30.2 Å². The number of carboxylic acids is 1. The quantitative estimate of drug-likeness (QED) is 0.474. The second-order valence-corrected chi connectivity index (χ2v) is 7.76. The molecular weight excluding hydrogens is 384 g/mol. The summed E-state index contributed by atoms with van der Waals surface area (Å²) in [6.45, 7) is 2.09. The number of fused-ring (bicyclic) bond motifs is 1. The number of thiophene rings is 1. The molecule has 1 atom stereocenters. The van der Waals surface area contributed by atoms with Crippen LogP contribution in [0.25, 0.3) is 21.6 Å². The van der Waals surface area contributed by atoms with Crippen LogP contribution < -0.4 is 5.32 Å². The number of rotatable bonds is 7. The summed E-state index contributed by atoms with van der Waals surface area (Å²) in [5.74, 6) is 0.143. The summed E-state index contributed by atoms with van der Waals surface area (Å²) in [6.07, 6.45) is 4.64. The molecule has 0 bridgehead atoms. The number of carboxylic acid groups (broad SMARTS) is 1. The van der Waals surface area contributed by atoms with E-state index in [4.69, 9.17) is 4.98 Å². The molecule has 0 saturated carbocycles. The molecule has 3 aromatic heterocycles. The van der Waals surface area contributed by atoms with Crippen molar-refractivity contribution in [2.45, 2.75) is 25.8 Å². The second-order valence-electron chi connectivity index (χ2n) is 6.65. The minimum absolute atomic E-state index is 0.356. The molecule has 7 heteroatoms. The van der Waals surface area contributed by atoms with Crippen LogP contribution in [0.5, 0.6) is 0 Å². The zero-order valence-electron chi connectivity index (χ0n) is 15.9. The molecule has 0 saturated heterocycles. The van der Waals surface area contributed by atoms with Crippen molar-refractivity contribution >= 4 is 33.3 Å². The van der Waals surface area contributed by atoms with Gasteiger partial charge in [-0.3, -0.25) is 4.98 Å². The topological polar surface area (TPSA) is 88.0 Å². The Kier molecular flexibility index (Phi) is 5.48. The first-order valence-electron chi connectivity index (χ1n) is 9.38.